The maximum Gasteiger partial charge on any atom is 0.305 e. The minimum Gasteiger partial charge on any atom is -0.481 e. The van der Waals surface area contributed by atoms with Crippen molar-refractivity contribution < 1.29 is 14.7 Å². The van der Waals surface area contributed by atoms with Crippen LogP contribution >= 0.6 is 0 Å². The fraction of sp³-hybridized carbons (Fsp3) is 0.833. The molecule has 16 heavy (non-hydrogen) atoms. The number of carboxylic acids is 1. The van der Waals surface area contributed by atoms with Crippen LogP contribution in [0, 0.1) is 5.92 Å². The molecule has 1 aliphatic heterocycles. The number of carbonyl (C=O) groups excluding carboxylic acids is 1. The Morgan fingerprint density at radius 2 is 2.06 bits per heavy atom. The Morgan fingerprint density at radius 3 is 2.62 bits per heavy atom. The van der Waals surface area contributed by atoms with Crippen molar-refractivity contribution in [2.24, 2.45) is 5.92 Å². The molecule has 1 aliphatic rings. The minimum absolute atomic E-state index is 0.0856. The highest BCUT2D eigenvalue weighted by atomic mass is 16.4. The average Bonchev–Trinajstić information content (AvgIpc) is 2.16. The van der Waals surface area contributed by atoms with Crippen molar-refractivity contribution in [3.63, 3.8) is 0 Å². The summed E-state index contributed by atoms with van der Waals surface area (Å²) >= 11 is 0. The van der Waals surface area contributed by atoms with E-state index in [-0.39, 0.29) is 18.4 Å². The van der Waals surface area contributed by atoms with E-state index in [9.17, 15) is 9.59 Å². The van der Waals surface area contributed by atoms with Gasteiger partial charge in [0.25, 0.3) is 0 Å². The van der Waals surface area contributed by atoms with Crippen LogP contribution in [0.15, 0.2) is 0 Å². The SMILES string of the molecule is CC(C)CC(=O)N1CCCCC1CC(=O)O. The van der Waals surface area contributed by atoms with Gasteiger partial charge in [0.15, 0.2) is 0 Å². The van der Waals surface area contributed by atoms with Gasteiger partial charge in [0, 0.05) is 19.0 Å². The van der Waals surface area contributed by atoms with Gasteiger partial charge in [0.1, 0.15) is 0 Å². The third kappa shape index (κ3) is 3.83. The molecule has 0 aromatic heterocycles. The van der Waals surface area contributed by atoms with Crippen LogP contribution in [-0.2, 0) is 9.59 Å². The first kappa shape index (κ1) is 13.0. The van der Waals surface area contributed by atoms with Gasteiger partial charge < -0.3 is 10.0 Å². The van der Waals surface area contributed by atoms with Gasteiger partial charge in [0.2, 0.25) is 5.91 Å². The number of carboxylic acid groups (broad SMARTS) is 1. The first-order chi connectivity index (χ1) is 7.50. The number of carbonyl (C=O) groups is 2. The highest BCUT2D eigenvalue weighted by Crippen LogP contribution is 2.21. The van der Waals surface area contributed by atoms with Gasteiger partial charge in [-0.25, -0.2) is 0 Å². The van der Waals surface area contributed by atoms with Crippen molar-refractivity contribution in [3.05, 3.63) is 0 Å². The second-order valence-corrected chi connectivity index (χ2v) is 4.93. The monoisotopic (exact) mass is 227 g/mol. The number of aliphatic carboxylic acids is 1. The number of likely N-dealkylation sites (tertiary alicyclic amines) is 1. The fourth-order valence-electron chi connectivity index (χ4n) is 2.21. The van der Waals surface area contributed by atoms with Crippen molar-refractivity contribution in [1.82, 2.24) is 4.90 Å². The molecule has 1 N–H and O–H groups in total. The van der Waals surface area contributed by atoms with Crippen LogP contribution in [0.3, 0.4) is 0 Å². The highest BCUT2D eigenvalue weighted by molar-refractivity contribution is 5.78. The Morgan fingerprint density at radius 1 is 1.38 bits per heavy atom. The van der Waals surface area contributed by atoms with Crippen molar-refractivity contribution in [3.8, 4) is 0 Å². The third-order valence-electron chi connectivity index (χ3n) is 2.94. The predicted molar refractivity (Wildman–Crippen MR) is 61.1 cm³/mol. The first-order valence-corrected chi connectivity index (χ1v) is 6.02. The summed E-state index contributed by atoms with van der Waals surface area (Å²) < 4.78 is 0. The molecule has 1 heterocycles. The Bertz CT molecular complexity index is 263. The van der Waals surface area contributed by atoms with Crippen LogP contribution in [-0.4, -0.2) is 34.5 Å². The first-order valence-electron chi connectivity index (χ1n) is 6.02. The van der Waals surface area contributed by atoms with Gasteiger partial charge in [-0.3, -0.25) is 9.59 Å². The molecule has 0 radical (unpaired) electrons. The summed E-state index contributed by atoms with van der Waals surface area (Å²) in [6.07, 6.45) is 3.47. The molecule has 0 aliphatic carbocycles. The van der Waals surface area contributed by atoms with E-state index >= 15 is 0 Å². The van der Waals surface area contributed by atoms with Gasteiger partial charge >= 0.3 is 5.97 Å². The van der Waals surface area contributed by atoms with Gasteiger partial charge in [0.05, 0.1) is 6.42 Å². The molecular formula is C12H21NO3. The Balaban J connectivity index is 2.58. The van der Waals surface area contributed by atoms with E-state index < -0.39 is 5.97 Å². The van der Waals surface area contributed by atoms with E-state index in [1.54, 1.807) is 4.90 Å². The number of hydrogen-bond donors (Lipinski definition) is 1. The number of piperidine rings is 1. The summed E-state index contributed by atoms with van der Waals surface area (Å²) in [4.78, 5) is 24.4. The molecule has 1 unspecified atom stereocenters. The molecule has 0 spiro atoms. The van der Waals surface area contributed by atoms with E-state index in [4.69, 9.17) is 5.11 Å². The molecular weight excluding hydrogens is 206 g/mol. The molecule has 92 valence electrons. The van der Waals surface area contributed by atoms with E-state index in [0.29, 0.717) is 12.3 Å². The van der Waals surface area contributed by atoms with Crippen LogP contribution < -0.4 is 0 Å². The smallest absolute Gasteiger partial charge is 0.305 e. The Hall–Kier alpha value is -1.06. The molecule has 1 fully saturated rings. The maximum absolute atomic E-state index is 11.9. The fourth-order valence-corrected chi connectivity index (χ4v) is 2.21. The summed E-state index contributed by atoms with van der Waals surface area (Å²) in [5, 5.41) is 8.81. The molecule has 4 nitrogen and oxygen atoms in total. The highest BCUT2D eigenvalue weighted by Gasteiger charge is 2.28. The van der Waals surface area contributed by atoms with Crippen LogP contribution in [0.1, 0.15) is 46.0 Å². The molecule has 0 saturated carbocycles. The van der Waals surface area contributed by atoms with Gasteiger partial charge in [-0.15, -0.1) is 0 Å². The van der Waals surface area contributed by atoms with Gasteiger partial charge in [-0.05, 0) is 25.2 Å². The van der Waals surface area contributed by atoms with Crippen LogP contribution in [0.4, 0.5) is 0 Å². The number of nitrogens with zero attached hydrogens (tertiary/aromatic N) is 1. The number of amides is 1. The van der Waals surface area contributed by atoms with E-state index in [2.05, 4.69) is 0 Å². The normalized spacial score (nSPS) is 21.2. The van der Waals surface area contributed by atoms with Gasteiger partial charge in [-0.1, -0.05) is 13.8 Å². The second-order valence-electron chi connectivity index (χ2n) is 4.93. The molecule has 1 atom stereocenters. The average molecular weight is 227 g/mol. The summed E-state index contributed by atoms with van der Waals surface area (Å²) in [5.41, 5.74) is 0. The van der Waals surface area contributed by atoms with Crippen LogP contribution in [0.5, 0.6) is 0 Å². The zero-order valence-corrected chi connectivity index (χ0v) is 10.1. The van der Waals surface area contributed by atoms with Gasteiger partial charge in [-0.2, -0.15) is 0 Å². The van der Waals surface area contributed by atoms with Crippen molar-refractivity contribution >= 4 is 11.9 Å². The zero-order valence-electron chi connectivity index (χ0n) is 10.1. The molecule has 1 amide bonds. The van der Waals surface area contributed by atoms with Crippen LogP contribution in [0.2, 0.25) is 0 Å². The van der Waals surface area contributed by atoms with Crippen molar-refractivity contribution in [2.45, 2.75) is 52.0 Å². The standard InChI is InChI=1S/C12H21NO3/c1-9(2)7-11(14)13-6-4-3-5-10(13)8-12(15)16/h9-10H,3-8H2,1-2H3,(H,15,16). The summed E-state index contributed by atoms with van der Waals surface area (Å²) in [5.74, 6) is -0.366. The molecule has 0 bridgehead atoms. The molecule has 0 aromatic rings. The van der Waals surface area contributed by atoms with E-state index in [1.807, 2.05) is 13.8 Å². The molecule has 4 heteroatoms. The zero-order chi connectivity index (χ0) is 12.1. The number of rotatable bonds is 4. The summed E-state index contributed by atoms with van der Waals surface area (Å²) in [7, 11) is 0. The Labute approximate surface area is 96.6 Å². The molecule has 1 rings (SSSR count). The lowest BCUT2D eigenvalue weighted by Crippen LogP contribution is -2.45. The predicted octanol–water partition coefficient (Wildman–Crippen LogP) is 1.89. The number of hydrogen-bond acceptors (Lipinski definition) is 2. The van der Waals surface area contributed by atoms with Crippen molar-refractivity contribution in [1.29, 1.82) is 0 Å². The summed E-state index contributed by atoms with van der Waals surface area (Å²) in [6, 6.07) is -0.0856. The lowest BCUT2D eigenvalue weighted by molar-refractivity contribution is -0.142. The minimum atomic E-state index is -0.811. The van der Waals surface area contributed by atoms with Crippen LogP contribution in [0.25, 0.3) is 0 Å². The lowest BCUT2D eigenvalue weighted by Gasteiger charge is -2.35. The molecule has 1 saturated heterocycles. The topological polar surface area (TPSA) is 57.6 Å². The second kappa shape index (κ2) is 5.87. The molecule has 0 aromatic carbocycles. The largest absolute Gasteiger partial charge is 0.481 e. The third-order valence-corrected chi connectivity index (χ3v) is 2.94. The maximum atomic E-state index is 11.9. The van der Waals surface area contributed by atoms with Crippen molar-refractivity contribution in [2.75, 3.05) is 6.54 Å². The Kier molecular flexibility index (Phi) is 4.77. The van der Waals surface area contributed by atoms with E-state index in [0.717, 1.165) is 25.8 Å². The van der Waals surface area contributed by atoms with E-state index in [1.165, 1.54) is 0 Å². The quantitative estimate of drug-likeness (QED) is 0.797. The lowest BCUT2D eigenvalue weighted by atomic mass is 9.98. The summed E-state index contributed by atoms with van der Waals surface area (Å²) in [6.45, 7) is 4.74.